The smallest absolute Gasteiger partial charge is 0.262 e. The first-order valence-corrected chi connectivity index (χ1v) is 8.42. The molecule has 2 N–H and O–H groups in total. The molecule has 0 aliphatic heterocycles. The van der Waals surface area contributed by atoms with E-state index in [4.69, 9.17) is 0 Å². The first kappa shape index (κ1) is 16.6. The Balaban J connectivity index is 1.64. The lowest BCUT2D eigenvalue weighted by molar-refractivity contribution is -0.139. The van der Waals surface area contributed by atoms with Crippen LogP contribution in [0.15, 0.2) is 10.2 Å². The van der Waals surface area contributed by atoms with E-state index in [-0.39, 0.29) is 0 Å². The van der Waals surface area contributed by atoms with E-state index in [1.807, 2.05) is 0 Å². The fourth-order valence-electron chi connectivity index (χ4n) is 3.07. The maximum Gasteiger partial charge on any atom is 0.331 e. The Bertz CT molecular complexity index is 382. The van der Waals surface area contributed by atoms with Crippen LogP contribution < -0.4 is 10.9 Å². The van der Waals surface area contributed by atoms with Crippen molar-refractivity contribution in [3.05, 3.63) is 0 Å². The average molecular weight is 306 g/mol. The second-order valence-corrected chi connectivity index (χ2v) is 6.23. The molecule has 0 radical (unpaired) electrons. The topological polar surface area (TPSA) is 82.9 Å². The lowest BCUT2D eigenvalue weighted by atomic mass is 9.90. The molecule has 0 aromatic carbocycles. The summed E-state index contributed by atoms with van der Waals surface area (Å²) < 4.78 is 0. The predicted molar refractivity (Wildman–Crippen MR) is 86.4 cm³/mol. The number of hydrogen-bond acceptors (Lipinski definition) is 4. The monoisotopic (exact) mass is 306 g/mol. The number of rotatable bonds is 4. The standard InChI is InChI=1S/C16H26N4O2/c21-15(19-17-11-13-7-3-1-4-8-13)16(22)20-18-12-14-9-5-2-6-10-14/h11-14H,1-10H2,(H,19,21)(H,20,22)/b17-11-,18-12-. The van der Waals surface area contributed by atoms with E-state index < -0.39 is 11.8 Å². The highest BCUT2D eigenvalue weighted by Gasteiger charge is 2.14. The molecule has 6 heteroatoms. The Morgan fingerprint density at radius 3 is 1.41 bits per heavy atom. The molecule has 2 amide bonds. The van der Waals surface area contributed by atoms with Crippen LogP contribution in [-0.4, -0.2) is 24.2 Å². The maximum atomic E-state index is 11.6. The molecular formula is C16H26N4O2. The SMILES string of the molecule is O=C(N/N=C\C1CCCCC1)C(=O)N/N=C\C1CCCCC1. The van der Waals surface area contributed by atoms with Gasteiger partial charge in [0.05, 0.1) is 0 Å². The second-order valence-electron chi connectivity index (χ2n) is 6.23. The van der Waals surface area contributed by atoms with E-state index in [0.717, 1.165) is 25.7 Å². The molecule has 2 fully saturated rings. The van der Waals surface area contributed by atoms with Gasteiger partial charge in [-0.1, -0.05) is 38.5 Å². The Kier molecular flexibility index (Phi) is 7.06. The van der Waals surface area contributed by atoms with E-state index in [2.05, 4.69) is 21.1 Å². The Hall–Kier alpha value is -1.72. The summed E-state index contributed by atoms with van der Waals surface area (Å²) in [6.45, 7) is 0. The van der Waals surface area contributed by atoms with Crippen molar-refractivity contribution in [2.45, 2.75) is 64.2 Å². The third-order valence-corrected chi connectivity index (χ3v) is 4.41. The van der Waals surface area contributed by atoms with E-state index in [1.165, 1.54) is 38.5 Å². The lowest BCUT2D eigenvalue weighted by Gasteiger charge is -2.16. The first-order valence-electron chi connectivity index (χ1n) is 8.42. The Morgan fingerprint density at radius 2 is 1.05 bits per heavy atom. The number of hydrogen-bond donors (Lipinski definition) is 2. The van der Waals surface area contributed by atoms with Crippen molar-refractivity contribution in [1.29, 1.82) is 0 Å². The third kappa shape index (κ3) is 5.95. The molecule has 122 valence electrons. The summed E-state index contributed by atoms with van der Waals surface area (Å²) >= 11 is 0. The zero-order valence-electron chi connectivity index (χ0n) is 13.1. The van der Waals surface area contributed by atoms with Gasteiger partial charge in [-0.15, -0.1) is 0 Å². The molecule has 6 nitrogen and oxygen atoms in total. The minimum absolute atomic E-state index is 0.418. The van der Waals surface area contributed by atoms with Gasteiger partial charge in [-0.2, -0.15) is 10.2 Å². The number of hydrazone groups is 2. The molecular weight excluding hydrogens is 280 g/mol. The largest absolute Gasteiger partial charge is 0.331 e. The number of carbonyl (C=O) groups excluding carboxylic acids is 2. The highest BCUT2D eigenvalue weighted by molar-refractivity contribution is 6.35. The summed E-state index contributed by atoms with van der Waals surface area (Å²) in [6.07, 6.45) is 15.3. The molecule has 0 atom stereocenters. The summed E-state index contributed by atoms with van der Waals surface area (Å²) in [6, 6.07) is 0. The van der Waals surface area contributed by atoms with E-state index in [0.29, 0.717) is 11.8 Å². The summed E-state index contributed by atoms with van der Waals surface area (Å²) in [5, 5.41) is 7.75. The van der Waals surface area contributed by atoms with Gasteiger partial charge in [-0.3, -0.25) is 9.59 Å². The van der Waals surface area contributed by atoms with Crippen molar-refractivity contribution in [2.75, 3.05) is 0 Å². The molecule has 0 aromatic heterocycles. The molecule has 2 aliphatic rings. The quantitative estimate of drug-likeness (QED) is 0.475. The van der Waals surface area contributed by atoms with Crippen LogP contribution in [0.5, 0.6) is 0 Å². The molecule has 0 aromatic rings. The third-order valence-electron chi connectivity index (χ3n) is 4.41. The van der Waals surface area contributed by atoms with Gasteiger partial charge in [0.2, 0.25) is 0 Å². The number of carbonyl (C=O) groups is 2. The van der Waals surface area contributed by atoms with Crippen LogP contribution >= 0.6 is 0 Å². The van der Waals surface area contributed by atoms with E-state index in [9.17, 15) is 9.59 Å². The predicted octanol–water partition coefficient (Wildman–Crippen LogP) is 2.35. The molecule has 0 heterocycles. The second kappa shape index (κ2) is 9.33. The molecule has 2 aliphatic carbocycles. The highest BCUT2D eigenvalue weighted by atomic mass is 16.2. The minimum Gasteiger partial charge on any atom is -0.262 e. The first-order chi connectivity index (χ1) is 10.8. The van der Waals surface area contributed by atoms with Crippen LogP contribution in [0, 0.1) is 11.8 Å². The zero-order valence-corrected chi connectivity index (χ0v) is 13.1. The van der Waals surface area contributed by atoms with Gasteiger partial charge in [-0.25, -0.2) is 10.9 Å². The molecule has 22 heavy (non-hydrogen) atoms. The molecule has 2 saturated carbocycles. The number of nitrogens with zero attached hydrogens (tertiary/aromatic N) is 2. The summed E-state index contributed by atoms with van der Waals surface area (Å²) in [5.74, 6) is -0.705. The number of nitrogens with one attached hydrogen (secondary N) is 2. The van der Waals surface area contributed by atoms with E-state index >= 15 is 0 Å². The Labute approximate surface area is 131 Å². The fourth-order valence-corrected chi connectivity index (χ4v) is 3.07. The van der Waals surface area contributed by atoms with Crippen LogP contribution in [0.25, 0.3) is 0 Å². The van der Waals surface area contributed by atoms with Gasteiger partial charge in [0.25, 0.3) is 0 Å². The van der Waals surface area contributed by atoms with Gasteiger partial charge in [0.1, 0.15) is 0 Å². The molecule has 0 bridgehead atoms. The van der Waals surface area contributed by atoms with Crippen LogP contribution in [0.1, 0.15) is 64.2 Å². The molecule has 0 unspecified atom stereocenters. The zero-order chi connectivity index (χ0) is 15.6. The molecule has 0 saturated heterocycles. The minimum atomic E-state index is -0.771. The average Bonchev–Trinajstić information content (AvgIpc) is 2.56. The van der Waals surface area contributed by atoms with Crippen molar-refractivity contribution in [3.63, 3.8) is 0 Å². The van der Waals surface area contributed by atoms with Crippen molar-refractivity contribution >= 4 is 24.2 Å². The summed E-state index contributed by atoms with van der Waals surface area (Å²) in [5.41, 5.74) is 4.53. The normalized spacial score (nSPS) is 21.3. The summed E-state index contributed by atoms with van der Waals surface area (Å²) in [4.78, 5) is 23.1. The van der Waals surface area contributed by atoms with Crippen molar-refractivity contribution in [2.24, 2.45) is 22.0 Å². The van der Waals surface area contributed by atoms with Gasteiger partial charge in [-0.05, 0) is 37.5 Å². The highest BCUT2D eigenvalue weighted by Crippen LogP contribution is 2.22. The van der Waals surface area contributed by atoms with E-state index in [1.54, 1.807) is 12.4 Å². The van der Waals surface area contributed by atoms with Crippen molar-refractivity contribution < 1.29 is 9.59 Å². The number of amides is 2. The lowest BCUT2D eigenvalue weighted by Crippen LogP contribution is -2.35. The summed E-state index contributed by atoms with van der Waals surface area (Å²) in [7, 11) is 0. The van der Waals surface area contributed by atoms with Crippen LogP contribution in [-0.2, 0) is 9.59 Å². The van der Waals surface area contributed by atoms with Crippen LogP contribution in [0.3, 0.4) is 0 Å². The van der Waals surface area contributed by atoms with Gasteiger partial charge in [0, 0.05) is 12.4 Å². The Morgan fingerprint density at radius 1 is 0.682 bits per heavy atom. The van der Waals surface area contributed by atoms with Crippen LogP contribution in [0.4, 0.5) is 0 Å². The van der Waals surface area contributed by atoms with Crippen molar-refractivity contribution in [3.8, 4) is 0 Å². The molecule has 2 rings (SSSR count). The van der Waals surface area contributed by atoms with Gasteiger partial charge >= 0.3 is 11.8 Å². The van der Waals surface area contributed by atoms with Crippen molar-refractivity contribution in [1.82, 2.24) is 10.9 Å². The van der Waals surface area contributed by atoms with Gasteiger partial charge in [0.15, 0.2) is 0 Å². The van der Waals surface area contributed by atoms with Gasteiger partial charge < -0.3 is 0 Å². The fraction of sp³-hybridized carbons (Fsp3) is 0.750. The molecule has 0 spiro atoms. The van der Waals surface area contributed by atoms with Crippen LogP contribution in [0.2, 0.25) is 0 Å². The maximum absolute atomic E-state index is 11.6.